The zero-order chi connectivity index (χ0) is 30.4. The number of fused-ring (bicyclic) bond motifs is 2. The summed E-state index contributed by atoms with van der Waals surface area (Å²) in [4.78, 5) is 34.4. The summed E-state index contributed by atoms with van der Waals surface area (Å²) >= 11 is 0. The van der Waals surface area contributed by atoms with Gasteiger partial charge in [0.1, 0.15) is 29.9 Å². The molecule has 0 spiro atoms. The van der Waals surface area contributed by atoms with Gasteiger partial charge in [0.2, 0.25) is 5.91 Å². The van der Waals surface area contributed by atoms with Crippen LogP contribution in [0.25, 0.3) is 0 Å². The normalized spacial score (nSPS) is 27.1. The van der Waals surface area contributed by atoms with Gasteiger partial charge in [-0.25, -0.2) is 4.99 Å². The number of carbonyl (C=O) groups is 2. The highest BCUT2D eigenvalue weighted by molar-refractivity contribution is 5.99. The first-order valence-corrected chi connectivity index (χ1v) is 14.5. The molecule has 3 heterocycles. The van der Waals surface area contributed by atoms with Gasteiger partial charge in [-0.15, -0.1) is 0 Å². The quantitative estimate of drug-likeness (QED) is 0.366. The van der Waals surface area contributed by atoms with Crippen LogP contribution in [0.2, 0.25) is 0 Å². The Balaban J connectivity index is 1.51. The third-order valence-corrected chi connectivity index (χ3v) is 8.80. The molecule has 3 aliphatic heterocycles. The maximum absolute atomic E-state index is 13.7. The highest BCUT2D eigenvalue weighted by Gasteiger charge is 2.45. The van der Waals surface area contributed by atoms with Crippen LogP contribution in [-0.2, 0) is 9.59 Å². The molecule has 2 amide bonds. The molecule has 5 atom stereocenters. The summed E-state index contributed by atoms with van der Waals surface area (Å²) in [6, 6.07) is 11.3. The van der Waals surface area contributed by atoms with Crippen LogP contribution in [-0.4, -0.2) is 75.7 Å². The van der Waals surface area contributed by atoms with Gasteiger partial charge in [-0.05, 0) is 43.5 Å². The van der Waals surface area contributed by atoms with E-state index in [1.54, 1.807) is 39.2 Å². The highest BCUT2D eigenvalue weighted by Crippen LogP contribution is 2.44. The lowest BCUT2D eigenvalue weighted by Gasteiger charge is -2.43. The van der Waals surface area contributed by atoms with Gasteiger partial charge in [-0.3, -0.25) is 19.8 Å². The number of likely N-dealkylation sites (N-methyl/N-ethyl adjacent to an activating group) is 1. The van der Waals surface area contributed by atoms with E-state index in [-0.39, 0.29) is 37.2 Å². The number of nitrogens with zero attached hydrogens (tertiary/aromatic N) is 3. The van der Waals surface area contributed by atoms with Crippen LogP contribution in [0.3, 0.4) is 0 Å². The summed E-state index contributed by atoms with van der Waals surface area (Å²) in [6.45, 7) is 5.70. The van der Waals surface area contributed by atoms with Gasteiger partial charge >= 0.3 is 0 Å². The molecule has 3 unspecified atom stereocenters. The Morgan fingerprint density at radius 2 is 1.90 bits per heavy atom. The molecule has 11 nitrogen and oxygen atoms in total. The standard InChI is InChI=1S/C31H41N5O6/c1-6-31(7-2)16-25(37)36(29(32)34-31)21-15-24(28(39)35(4)5)42-23-13-12-18(14-20(21)23)27(38)33-26-19-10-8-9-11-22(19)41-17-30(26,3)40/h8-14,21,24,26-27,33,38,40H,6-7,15-17H2,1-5H3,(H2,32,34)/t21?,24?,26-,27?,30-/m1/s1. The van der Waals surface area contributed by atoms with E-state index in [9.17, 15) is 19.8 Å². The first-order valence-electron chi connectivity index (χ1n) is 14.5. The number of para-hydroxylation sites is 1. The second-order valence-corrected chi connectivity index (χ2v) is 11.9. The molecule has 0 aromatic heterocycles. The van der Waals surface area contributed by atoms with Gasteiger partial charge in [0, 0.05) is 31.6 Å². The Hall–Kier alpha value is -3.67. The molecule has 226 valence electrons. The number of nitrogens with two attached hydrogens (primary N) is 1. The van der Waals surface area contributed by atoms with E-state index in [0.29, 0.717) is 35.5 Å². The third-order valence-electron chi connectivity index (χ3n) is 8.80. The van der Waals surface area contributed by atoms with Crippen molar-refractivity contribution in [2.24, 2.45) is 10.7 Å². The van der Waals surface area contributed by atoms with E-state index in [0.717, 1.165) is 5.56 Å². The second kappa shape index (κ2) is 11.2. The number of aliphatic hydroxyl groups is 2. The van der Waals surface area contributed by atoms with Crippen LogP contribution in [0, 0.1) is 0 Å². The van der Waals surface area contributed by atoms with Crippen molar-refractivity contribution in [1.82, 2.24) is 15.1 Å². The minimum absolute atomic E-state index is 0.0580. The lowest BCUT2D eigenvalue weighted by molar-refractivity contribution is -0.140. The number of guanidine groups is 1. The number of benzene rings is 2. The summed E-state index contributed by atoms with van der Waals surface area (Å²) in [5.41, 5.74) is 6.48. The second-order valence-electron chi connectivity index (χ2n) is 11.9. The molecule has 5 rings (SSSR count). The van der Waals surface area contributed by atoms with E-state index in [2.05, 4.69) is 5.32 Å². The predicted octanol–water partition coefficient (Wildman–Crippen LogP) is 2.54. The van der Waals surface area contributed by atoms with Crippen LogP contribution in [0.1, 0.15) is 81.5 Å². The van der Waals surface area contributed by atoms with Crippen molar-refractivity contribution in [2.45, 2.75) is 82.0 Å². The van der Waals surface area contributed by atoms with Gasteiger partial charge in [0.05, 0.1) is 24.0 Å². The van der Waals surface area contributed by atoms with Crippen LogP contribution >= 0.6 is 0 Å². The monoisotopic (exact) mass is 579 g/mol. The van der Waals surface area contributed by atoms with Gasteiger partial charge in [-0.2, -0.15) is 0 Å². The largest absolute Gasteiger partial charge is 0.490 e. The number of aliphatic hydroxyl groups excluding tert-OH is 1. The van der Waals surface area contributed by atoms with Crippen molar-refractivity contribution in [3.8, 4) is 11.5 Å². The average molecular weight is 580 g/mol. The number of amides is 2. The molecule has 42 heavy (non-hydrogen) atoms. The van der Waals surface area contributed by atoms with E-state index in [1.165, 1.54) is 9.80 Å². The van der Waals surface area contributed by atoms with E-state index in [4.69, 9.17) is 20.2 Å². The molecule has 2 aromatic rings. The summed E-state index contributed by atoms with van der Waals surface area (Å²) in [7, 11) is 3.31. The smallest absolute Gasteiger partial charge is 0.263 e. The molecule has 11 heteroatoms. The topological polar surface area (TPSA) is 150 Å². The Bertz CT molecular complexity index is 1390. The van der Waals surface area contributed by atoms with Crippen molar-refractivity contribution in [1.29, 1.82) is 0 Å². The van der Waals surface area contributed by atoms with Gasteiger partial charge < -0.3 is 30.3 Å². The van der Waals surface area contributed by atoms with E-state index in [1.807, 2.05) is 38.1 Å². The summed E-state index contributed by atoms with van der Waals surface area (Å²) in [5, 5.41) is 25.7. The van der Waals surface area contributed by atoms with Crippen molar-refractivity contribution in [3.63, 3.8) is 0 Å². The van der Waals surface area contributed by atoms with Crippen molar-refractivity contribution in [2.75, 3.05) is 20.7 Å². The Morgan fingerprint density at radius 1 is 1.19 bits per heavy atom. The zero-order valence-corrected chi connectivity index (χ0v) is 24.8. The maximum Gasteiger partial charge on any atom is 0.263 e. The first-order chi connectivity index (χ1) is 19.9. The number of rotatable bonds is 7. The lowest BCUT2D eigenvalue weighted by Crippen LogP contribution is -2.54. The lowest BCUT2D eigenvalue weighted by atomic mass is 9.86. The summed E-state index contributed by atoms with van der Waals surface area (Å²) in [5.74, 6) is 0.780. The van der Waals surface area contributed by atoms with E-state index < -0.39 is 35.6 Å². The highest BCUT2D eigenvalue weighted by atomic mass is 16.5. The number of hydrogen-bond donors (Lipinski definition) is 4. The average Bonchev–Trinajstić information content (AvgIpc) is 2.97. The van der Waals surface area contributed by atoms with Crippen molar-refractivity contribution in [3.05, 3.63) is 59.2 Å². The molecular weight excluding hydrogens is 538 g/mol. The minimum atomic E-state index is -1.29. The molecule has 3 aliphatic rings. The van der Waals surface area contributed by atoms with E-state index >= 15 is 0 Å². The molecule has 0 fully saturated rings. The van der Waals surface area contributed by atoms with Crippen molar-refractivity contribution >= 4 is 17.8 Å². The Morgan fingerprint density at radius 3 is 2.57 bits per heavy atom. The Labute approximate surface area is 246 Å². The SMILES string of the molecule is CCC1(CC)CC(=O)N(C2CC(C(=O)N(C)C)Oc3ccc(C(O)N[C@@H]4c5ccccc5OC[C@@]4(C)O)cc32)C(N)=N1. The minimum Gasteiger partial charge on any atom is -0.490 e. The number of carbonyl (C=O) groups excluding carboxylic acids is 2. The van der Waals surface area contributed by atoms with Crippen LogP contribution < -0.4 is 20.5 Å². The van der Waals surface area contributed by atoms with Crippen LogP contribution in [0.5, 0.6) is 11.5 Å². The molecule has 0 saturated heterocycles. The molecule has 2 aromatic carbocycles. The van der Waals surface area contributed by atoms with Gasteiger partial charge in [0.15, 0.2) is 12.1 Å². The fourth-order valence-electron chi connectivity index (χ4n) is 6.16. The number of nitrogens with one attached hydrogen (secondary N) is 1. The molecule has 5 N–H and O–H groups in total. The van der Waals surface area contributed by atoms with Gasteiger partial charge in [-0.1, -0.05) is 38.1 Å². The maximum atomic E-state index is 13.7. The van der Waals surface area contributed by atoms with Crippen LogP contribution in [0.15, 0.2) is 47.5 Å². The molecule has 0 bridgehead atoms. The number of aliphatic imine (C=N–C) groups is 1. The molecular formula is C31H41N5O6. The fourth-order valence-corrected chi connectivity index (χ4v) is 6.16. The first kappa shape index (κ1) is 29.8. The zero-order valence-electron chi connectivity index (χ0n) is 24.8. The Kier molecular flexibility index (Phi) is 7.95. The number of hydrogen-bond acceptors (Lipinski definition) is 9. The van der Waals surface area contributed by atoms with Gasteiger partial charge in [0.25, 0.3) is 5.91 Å². The number of ether oxygens (including phenoxy) is 2. The summed E-state index contributed by atoms with van der Waals surface area (Å²) in [6.07, 6.45) is -0.275. The summed E-state index contributed by atoms with van der Waals surface area (Å²) < 4.78 is 11.9. The van der Waals surface area contributed by atoms with Crippen LogP contribution in [0.4, 0.5) is 0 Å². The van der Waals surface area contributed by atoms with Crippen molar-refractivity contribution < 1.29 is 29.3 Å². The fraction of sp³-hybridized carbons (Fsp3) is 0.516. The predicted molar refractivity (Wildman–Crippen MR) is 157 cm³/mol. The molecule has 0 radical (unpaired) electrons. The molecule has 0 aliphatic carbocycles. The third kappa shape index (κ3) is 5.32. The molecule has 0 saturated carbocycles.